The van der Waals surface area contributed by atoms with Gasteiger partial charge in [-0.25, -0.2) is 0 Å². The summed E-state index contributed by atoms with van der Waals surface area (Å²) in [4.78, 5) is -0.114. The molecule has 0 saturated heterocycles. The molecule has 4 nitrogen and oxygen atoms in total. The maximum absolute atomic E-state index is 12.6. The molecule has 0 bridgehead atoms. The first-order chi connectivity index (χ1) is 9.73. The Labute approximate surface area is 125 Å². The first-order valence-corrected chi connectivity index (χ1v) is 8.65. The second-order valence-corrected chi connectivity index (χ2v) is 7.17. The third-order valence-electron chi connectivity index (χ3n) is 2.42. The van der Waals surface area contributed by atoms with Crippen LogP contribution in [0.2, 0.25) is 0 Å². The van der Waals surface area contributed by atoms with Gasteiger partial charge in [0.05, 0.1) is 13.2 Å². The van der Waals surface area contributed by atoms with E-state index in [-0.39, 0.29) is 35.4 Å². The van der Waals surface area contributed by atoms with Crippen LogP contribution >= 0.6 is 19.4 Å². The largest absolute Gasteiger partial charge is 0.446 e. The molecule has 2 N–H and O–H groups in total. The zero-order valence-electron chi connectivity index (χ0n) is 11.6. The molecule has 0 spiro atoms. The smallest absolute Gasteiger partial charge is 0.314 e. The lowest BCUT2D eigenvalue weighted by Crippen LogP contribution is -2.16. The molecule has 0 aliphatic rings. The SMILES string of the molecule is CCOP(=O)(OCC)[C@@H](N)c1ccccc1SC(F)(F)F. The second-order valence-electron chi connectivity index (χ2n) is 3.91. The predicted molar refractivity (Wildman–Crippen MR) is 76.1 cm³/mol. The van der Waals surface area contributed by atoms with E-state index >= 15 is 0 Å². The van der Waals surface area contributed by atoms with Gasteiger partial charge in [0.2, 0.25) is 0 Å². The van der Waals surface area contributed by atoms with Crippen LogP contribution in [0.1, 0.15) is 25.2 Å². The summed E-state index contributed by atoms with van der Waals surface area (Å²) >= 11 is -0.304. The van der Waals surface area contributed by atoms with Gasteiger partial charge in [-0.05, 0) is 37.2 Å². The summed E-state index contributed by atoms with van der Waals surface area (Å²) in [5, 5.41) is 0. The molecular formula is C12H17F3NO3PS. The lowest BCUT2D eigenvalue weighted by atomic mass is 10.2. The van der Waals surface area contributed by atoms with E-state index < -0.39 is 18.9 Å². The third kappa shape index (κ3) is 5.30. The monoisotopic (exact) mass is 343 g/mol. The normalized spacial score (nSPS) is 14.2. The Kier molecular flexibility index (Phi) is 6.74. The van der Waals surface area contributed by atoms with Gasteiger partial charge in [-0.2, -0.15) is 13.2 Å². The standard InChI is InChI=1S/C12H17F3NO3PS/c1-3-18-20(17,19-4-2)11(16)9-7-5-6-8-10(9)21-12(13,14)15/h5-8,11H,3-4,16H2,1-2H3/t11-/m1/s1. The third-order valence-corrected chi connectivity index (χ3v) is 5.44. The van der Waals surface area contributed by atoms with E-state index in [0.717, 1.165) is 0 Å². The van der Waals surface area contributed by atoms with E-state index in [1.54, 1.807) is 13.8 Å². The van der Waals surface area contributed by atoms with Crippen LogP contribution in [0, 0.1) is 0 Å². The highest BCUT2D eigenvalue weighted by Gasteiger charge is 2.37. The van der Waals surface area contributed by atoms with Gasteiger partial charge in [0.15, 0.2) is 0 Å². The summed E-state index contributed by atoms with van der Waals surface area (Å²) < 4.78 is 60.5. The van der Waals surface area contributed by atoms with Crippen LogP contribution in [0.3, 0.4) is 0 Å². The van der Waals surface area contributed by atoms with Crippen LogP contribution in [0.15, 0.2) is 29.2 Å². The fraction of sp³-hybridized carbons (Fsp3) is 0.500. The van der Waals surface area contributed by atoms with E-state index in [4.69, 9.17) is 14.8 Å². The summed E-state index contributed by atoms with van der Waals surface area (Å²) in [6, 6.07) is 5.65. The van der Waals surface area contributed by atoms with Crippen LogP contribution in [-0.4, -0.2) is 18.7 Å². The minimum absolute atomic E-state index is 0.0829. The highest BCUT2D eigenvalue weighted by atomic mass is 32.2. The van der Waals surface area contributed by atoms with Crippen molar-refractivity contribution < 1.29 is 26.8 Å². The first kappa shape index (κ1) is 18.5. The average Bonchev–Trinajstić information content (AvgIpc) is 2.37. The molecule has 0 amide bonds. The van der Waals surface area contributed by atoms with Crippen LogP contribution in [0.5, 0.6) is 0 Å². The molecule has 9 heteroatoms. The Balaban J connectivity index is 3.16. The maximum atomic E-state index is 12.6. The zero-order chi connectivity index (χ0) is 16.1. The van der Waals surface area contributed by atoms with Crippen LogP contribution < -0.4 is 5.73 Å². The molecule has 0 aliphatic carbocycles. The van der Waals surface area contributed by atoms with Crippen molar-refractivity contribution in [1.82, 2.24) is 0 Å². The Hall–Kier alpha value is -0.530. The molecule has 0 aromatic heterocycles. The van der Waals surface area contributed by atoms with E-state index in [9.17, 15) is 17.7 Å². The van der Waals surface area contributed by atoms with Gasteiger partial charge in [-0.1, -0.05) is 18.2 Å². The number of halogens is 3. The number of thioether (sulfide) groups is 1. The second kappa shape index (κ2) is 7.65. The van der Waals surface area contributed by atoms with Crippen molar-refractivity contribution in [2.75, 3.05) is 13.2 Å². The average molecular weight is 343 g/mol. The van der Waals surface area contributed by atoms with Gasteiger partial charge in [0, 0.05) is 4.90 Å². The summed E-state index contributed by atoms with van der Waals surface area (Å²) in [6.07, 6.45) is 0. The molecule has 1 aromatic carbocycles. The van der Waals surface area contributed by atoms with E-state index in [0.29, 0.717) is 0 Å². The molecule has 0 unspecified atom stereocenters. The fourth-order valence-electron chi connectivity index (χ4n) is 1.67. The van der Waals surface area contributed by atoms with Crippen molar-refractivity contribution in [3.63, 3.8) is 0 Å². The Morgan fingerprint density at radius 1 is 1.24 bits per heavy atom. The molecule has 120 valence electrons. The molecular weight excluding hydrogens is 326 g/mol. The molecule has 21 heavy (non-hydrogen) atoms. The summed E-state index contributed by atoms with van der Waals surface area (Å²) in [7, 11) is -3.73. The molecule has 0 saturated carbocycles. The minimum Gasteiger partial charge on any atom is -0.314 e. The van der Waals surface area contributed by atoms with E-state index in [2.05, 4.69) is 0 Å². The molecule has 0 heterocycles. The van der Waals surface area contributed by atoms with Gasteiger partial charge in [-0.15, -0.1) is 0 Å². The van der Waals surface area contributed by atoms with Gasteiger partial charge < -0.3 is 14.8 Å². The predicted octanol–water partition coefficient (Wildman–Crippen LogP) is 4.52. The van der Waals surface area contributed by atoms with Gasteiger partial charge >= 0.3 is 13.1 Å². The highest BCUT2D eigenvalue weighted by Crippen LogP contribution is 2.59. The van der Waals surface area contributed by atoms with Crippen LogP contribution in [-0.2, 0) is 13.6 Å². The van der Waals surface area contributed by atoms with Crippen LogP contribution in [0.4, 0.5) is 13.2 Å². The first-order valence-electron chi connectivity index (χ1n) is 6.22. The Bertz CT molecular complexity index is 503. The topological polar surface area (TPSA) is 61.5 Å². The van der Waals surface area contributed by atoms with E-state index in [1.165, 1.54) is 24.3 Å². The van der Waals surface area contributed by atoms with Crippen molar-refractivity contribution >= 4 is 19.4 Å². The van der Waals surface area contributed by atoms with Crippen molar-refractivity contribution in [1.29, 1.82) is 0 Å². The molecule has 1 rings (SSSR count). The van der Waals surface area contributed by atoms with Gasteiger partial charge in [0.25, 0.3) is 0 Å². The van der Waals surface area contributed by atoms with Gasteiger partial charge in [0.1, 0.15) is 5.78 Å². The highest BCUT2D eigenvalue weighted by molar-refractivity contribution is 8.00. The van der Waals surface area contributed by atoms with Gasteiger partial charge in [-0.3, -0.25) is 4.57 Å². The Morgan fingerprint density at radius 2 is 1.76 bits per heavy atom. The number of hydrogen-bond acceptors (Lipinski definition) is 5. The summed E-state index contributed by atoms with van der Waals surface area (Å²) in [5.41, 5.74) is 1.50. The lowest BCUT2D eigenvalue weighted by Gasteiger charge is -2.25. The molecule has 1 aromatic rings. The number of alkyl halides is 3. The molecule has 0 aliphatic heterocycles. The molecule has 0 fully saturated rings. The summed E-state index contributed by atoms with van der Waals surface area (Å²) in [6.45, 7) is 3.38. The van der Waals surface area contributed by atoms with E-state index in [1.807, 2.05) is 0 Å². The quantitative estimate of drug-likeness (QED) is 0.582. The van der Waals surface area contributed by atoms with Crippen molar-refractivity contribution in [3.05, 3.63) is 29.8 Å². The van der Waals surface area contributed by atoms with Crippen molar-refractivity contribution in [2.45, 2.75) is 30.0 Å². The number of nitrogens with two attached hydrogens (primary N) is 1. The zero-order valence-corrected chi connectivity index (χ0v) is 13.3. The van der Waals surface area contributed by atoms with Crippen molar-refractivity contribution in [2.24, 2.45) is 5.73 Å². The molecule has 0 radical (unpaired) electrons. The fourth-order valence-corrected chi connectivity index (χ4v) is 4.15. The van der Waals surface area contributed by atoms with Crippen LogP contribution in [0.25, 0.3) is 0 Å². The maximum Gasteiger partial charge on any atom is 0.446 e. The Morgan fingerprint density at radius 3 is 2.24 bits per heavy atom. The summed E-state index contributed by atoms with van der Waals surface area (Å²) in [5.74, 6) is -1.27. The lowest BCUT2D eigenvalue weighted by molar-refractivity contribution is -0.0328. The van der Waals surface area contributed by atoms with Crippen molar-refractivity contribution in [3.8, 4) is 0 Å². The number of rotatable bonds is 7. The number of hydrogen-bond donors (Lipinski definition) is 1. The minimum atomic E-state index is -4.46. The molecule has 1 atom stereocenters. The number of benzene rings is 1.